The third kappa shape index (κ3) is 9.98. The van der Waals surface area contributed by atoms with Gasteiger partial charge >= 0.3 is 11.9 Å². The predicted octanol–water partition coefficient (Wildman–Crippen LogP) is 0.117. The van der Waals surface area contributed by atoms with Crippen molar-refractivity contribution in [3.63, 3.8) is 0 Å². The molecule has 8 nitrogen and oxygen atoms in total. The number of carbonyl (C=O) groups excluding carboxylic acids is 1. The maximum atomic E-state index is 11.0. The summed E-state index contributed by atoms with van der Waals surface area (Å²) in [7, 11) is 0. The van der Waals surface area contributed by atoms with Gasteiger partial charge in [0.15, 0.2) is 6.73 Å². The summed E-state index contributed by atoms with van der Waals surface area (Å²) >= 11 is 0. The number of carboxylic acids is 1. The second-order valence-corrected chi connectivity index (χ2v) is 3.95. The molecule has 19 heavy (non-hydrogen) atoms. The molecule has 0 radical (unpaired) electrons. The van der Waals surface area contributed by atoms with Crippen molar-refractivity contribution in [2.75, 3.05) is 13.3 Å². The molecule has 110 valence electrons. The van der Waals surface area contributed by atoms with E-state index in [2.05, 4.69) is 15.0 Å². The quantitative estimate of drug-likeness (QED) is 0.155. The van der Waals surface area contributed by atoms with E-state index < -0.39 is 18.0 Å². The predicted molar refractivity (Wildman–Crippen MR) is 67.9 cm³/mol. The average Bonchev–Trinajstić information content (AvgIpc) is 2.32. The molecule has 0 rings (SSSR count). The van der Waals surface area contributed by atoms with Gasteiger partial charge in [-0.15, -0.1) is 0 Å². The van der Waals surface area contributed by atoms with Gasteiger partial charge < -0.3 is 20.4 Å². The van der Waals surface area contributed by atoms with Gasteiger partial charge in [-0.2, -0.15) is 0 Å². The number of nitrogens with zero attached hydrogens (tertiary/aromatic N) is 1. The van der Waals surface area contributed by atoms with Gasteiger partial charge in [0.1, 0.15) is 6.04 Å². The van der Waals surface area contributed by atoms with Crippen LogP contribution in [-0.4, -0.2) is 47.4 Å². The number of aliphatic imine (C=N–C) groups is 1. The highest BCUT2D eigenvalue weighted by Crippen LogP contribution is 2.01. The number of hydrogen-bond donors (Lipinski definition) is 4. The van der Waals surface area contributed by atoms with Gasteiger partial charge in [-0.1, -0.05) is 0 Å². The lowest BCUT2D eigenvalue weighted by atomic mass is 10.1. The third-order valence-corrected chi connectivity index (χ3v) is 2.28. The number of aliphatic carboxylic acids is 1. The van der Waals surface area contributed by atoms with Crippen LogP contribution in [0.1, 0.15) is 33.1 Å². The Labute approximate surface area is 111 Å². The summed E-state index contributed by atoms with van der Waals surface area (Å²) in [6, 6.07) is -0.750. The van der Waals surface area contributed by atoms with Gasteiger partial charge in [-0.05, 0) is 26.2 Å². The van der Waals surface area contributed by atoms with E-state index in [1.807, 2.05) is 5.48 Å². The highest BCUT2D eigenvalue weighted by atomic mass is 16.5. The summed E-state index contributed by atoms with van der Waals surface area (Å²) in [6.07, 6.45) is 1.73. The number of unbranched alkanes of at least 4 members (excludes halogenated alkanes) is 1. The summed E-state index contributed by atoms with van der Waals surface area (Å²) in [5, 5.41) is 20.2. The highest BCUT2D eigenvalue weighted by Gasteiger charge is 2.16. The van der Waals surface area contributed by atoms with Crippen LogP contribution in [0, 0.1) is 0 Å². The van der Waals surface area contributed by atoms with Crippen LogP contribution in [0.2, 0.25) is 0 Å². The Hall–Kier alpha value is -1.67. The van der Waals surface area contributed by atoms with E-state index in [-0.39, 0.29) is 6.73 Å². The van der Waals surface area contributed by atoms with Crippen molar-refractivity contribution in [3.8, 4) is 0 Å². The molecule has 0 aliphatic carbocycles. The molecule has 0 unspecified atom stereocenters. The number of hydroxylamine groups is 1. The fourth-order valence-electron chi connectivity index (χ4n) is 1.33. The summed E-state index contributed by atoms with van der Waals surface area (Å²) in [6.45, 7) is 3.17. The van der Waals surface area contributed by atoms with Crippen LogP contribution in [0.5, 0.6) is 0 Å². The van der Waals surface area contributed by atoms with Gasteiger partial charge in [0.05, 0.1) is 5.84 Å². The smallest absolute Gasteiger partial charge is 0.326 e. The first-order chi connectivity index (χ1) is 8.97. The Bertz CT molecular complexity index is 319. The molecular weight excluding hydrogens is 254 g/mol. The number of nitrogens with one attached hydrogen (secondary N) is 2. The molecule has 0 spiro atoms. The maximum absolute atomic E-state index is 11.0. The number of esters is 1. The van der Waals surface area contributed by atoms with E-state index in [9.17, 15) is 9.59 Å². The minimum atomic E-state index is -0.973. The molecule has 4 N–H and O–H groups in total. The van der Waals surface area contributed by atoms with Crippen LogP contribution in [0.15, 0.2) is 4.99 Å². The summed E-state index contributed by atoms with van der Waals surface area (Å²) in [5.41, 5.74) is 2.01. The standard InChI is InChI=1S/C11H21N3O5/c1-8(12-7-19-9(2)15)14-10(11(16)17)5-3-4-6-13-18/h10,13,18H,3-7H2,1-2H3,(H,12,14)(H,16,17)/t10-/m0/s1. The van der Waals surface area contributed by atoms with E-state index >= 15 is 0 Å². The molecule has 0 aromatic carbocycles. The van der Waals surface area contributed by atoms with Crippen LogP contribution < -0.4 is 10.8 Å². The van der Waals surface area contributed by atoms with Gasteiger partial charge in [-0.25, -0.2) is 15.3 Å². The Morgan fingerprint density at radius 1 is 1.32 bits per heavy atom. The van der Waals surface area contributed by atoms with Gasteiger partial charge in [-0.3, -0.25) is 4.79 Å². The van der Waals surface area contributed by atoms with Crippen LogP contribution in [0.4, 0.5) is 0 Å². The Balaban J connectivity index is 4.10. The number of rotatable bonds is 9. The number of amidine groups is 1. The van der Waals surface area contributed by atoms with Gasteiger partial charge in [0.2, 0.25) is 0 Å². The van der Waals surface area contributed by atoms with Crippen molar-refractivity contribution < 1.29 is 24.6 Å². The molecule has 0 aromatic heterocycles. The van der Waals surface area contributed by atoms with Crippen molar-refractivity contribution in [3.05, 3.63) is 0 Å². The van der Waals surface area contributed by atoms with Crippen molar-refractivity contribution in [1.29, 1.82) is 0 Å². The van der Waals surface area contributed by atoms with E-state index in [0.717, 1.165) is 0 Å². The van der Waals surface area contributed by atoms with Gasteiger partial charge in [0, 0.05) is 13.5 Å². The lowest BCUT2D eigenvalue weighted by molar-refractivity contribution is -0.141. The lowest BCUT2D eigenvalue weighted by Crippen LogP contribution is -2.39. The first-order valence-corrected chi connectivity index (χ1v) is 5.98. The molecular formula is C11H21N3O5. The number of ether oxygens (including phenoxy) is 1. The molecule has 0 amide bonds. The summed E-state index contributed by atoms with van der Waals surface area (Å²) < 4.78 is 4.62. The van der Waals surface area contributed by atoms with Crippen molar-refractivity contribution in [1.82, 2.24) is 10.8 Å². The van der Waals surface area contributed by atoms with E-state index in [4.69, 9.17) is 10.3 Å². The lowest BCUT2D eigenvalue weighted by Gasteiger charge is -2.15. The SMILES string of the molecule is CC(=O)OC/N=C(\C)N[C@@H](CCCCNO)C(=O)O. The minimum Gasteiger partial charge on any atom is -0.480 e. The monoisotopic (exact) mass is 275 g/mol. The van der Waals surface area contributed by atoms with Crippen molar-refractivity contribution in [2.45, 2.75) is 39.2 Å². The Morgan fingerprint density at radius 3 is 2.53 bits per heavy atom. The molecule has 0 saturated carbocycles. The topological polar surface area (TPSA) is 120 Å². The van der Waals surface area contributed by atoms with Crippen molar-refractivity contribution in [2.24, 2.45) is 4.99 Å². The molecule has 0 aromatic rings. The molecule has 0 aliphatic rings. The zero-order chi connectivity index (χ0) is 14.7. The number of carboxylic acid groups (broad SMARTS) is 1. The zero-order valence-corrected chi connectivity index (χ0v) is 11.2. The molecule has 0 bridgehead atoms. The largest absolute Gasteiger partial charge is 0.480 e. The van der Waals surface area contributed by atoms with E-state index in [1.54, 1.807) is 6.92 Å². The highest BCUT2D eigenvalue weighted by molar-refractivity contribution is 5.85. The molecule has 0 saturated heterocycles. The number of carbonyl (C=O) groups is 2. The average molecular weight is 275 g/mol. The second kappa shape index (κ2) is 10.3. The minimum absolute atomic E-state index is 0.130. The van der Waals surface area contributed by atoms with E-state index in [0.29, 0.717) is 31.6 Å². The van der Waals surface area contributed by atoms with Gasteiger partial charge in [0.25, 0.3) is 0 Å². The van der Waals surface area contributed by atoms with Crippen LogP contribution in [0.3, 0.4) is 0 Å². The fraction of sp³-hybridized carbons (Fsp3) is 0.727. The number of hydrogen-bond acceptors (Lipinski definition) is 6. The maximum Gasteiger partial charge on any atom is 0.326 e. The molecule has 0 aliphatic heterocycles. The van der Waals surface area contributed by atoms with Crippen LogP contribution >= 0.6 is 0 Å². The first-order valence-electron chi connectivity index (χ1n) is 5.98. The summed E-state index contributed by atoms with van der Waals surface area (Å²) in [5.74, 6) is -1.02. The third-order valence-electron chi connectivity index (χ3n) is 2.28. The molecule has 8 heteroatoms. The normalized spacial score (nSPS) is 12.9. The Kier molecular flexibility index (Phi) is 9.37. The fourth-order valence-corrected chi connectivity index (χ4v) is 1.33. The van der Waals surface area contributed by atoms with Crippen LogP contribution in [0.25, 0.3) is 0 Å². The Morgan fingerprint density at radius 2 is 2.00 bits per heavy atom. The molecule has 1 atom stereocenters. The van der Waals surface area contributed by atoms with E-state index in [1.165, 1.54) is 6.92 Å². The molecule has 0 fully saturated rings. The summed E-state index contributed by atoms with van der Waals surface area (Å²) in [4.78, 5) is 25.4. The van der Waals surface area contributed by atoms with Crippen LogP contribution in [-0.2, 0) is 14.3 Å². The first kappa shape index (κ1) is 17.3. The second-order valence-electron chi connectivity index (χ2n) is 3.95. The zero-order valence-electron chi connectivity index (χ0n) is 11.2. The van der Waals surface area contributed by atoms with Crippen molar-refractivity contribution >= 4 is 17.8 Å². The molecule has 0 heterocycles.